The highest BCUT2D eigenvalue weighted by Crippen LogP contribution is 2.49. The minimum atomic E-state index is -1.26. The number of hydrogen-bond acceptors (Lipinski definition) is 6. The fourth-order valence-electron chi connectivity index (χ4n) is 5.32. The van der Waals surface area contributed by atoms with E-state index in [4.69, 9.17) is 9.47 Å². The number of ether oxygens (including phenoxy) is 2. The van der Waals surface area contributed by atoms with Crippen LogP contribution in [0.15, 0.2) is 97.1 Å². The van der Waals surface area contributed by atoms with E-state index in [9.17, 15) is 9.59 Å². The van der Waals surface area contributed by atoms with Crippen LogP contribution in [0.1, 0.15) is 34.3 Å². The molecular weight excluding hydrogens is 460 g/mol. The Hall–Kier alpha value is -4.03. The van der Waals surface area contributed by atoms with Crippen molar-refractivity contribution in [3.8, 4) is 22.3 Å². The summed E-state index contributed by atoms with van der Waals surface area (Å²) in [6.45, 7) is 0. The molecule has 172 valence electrons. The van der Waals surface area contributed by atoms with Crippen LogP contribution in [0, 0.1) is 0 Å². The fraction of sp³-hybridized carbons (Fsp3) is 0.103. The predicted octanol–water partition coefficient (Wildman–Crippen LogP) is 6.48. The second kappa shape index (κ2) is 8.64. The van der Waals surface area contributed by atoms with E-state index in [2.05, 4.69) is 17.1 Å². The van der Waals surface area contributed by atoms with Crippen LogP contribution >= 0.6 is 12.9 Å². The van der Waals surface area contributed by atoms with Crippen molar-refractivity contribution in [3.63, 3.8) is 0 Å². The van der Waals surface area contributed by atoms with Gasteiger partial charge in [-0.3, -0.25) is 0 Å². The van der Waals surface area contributed by atoms with Crippen LogP contribution in [-0.4, -0.2) is 18.2 Å². The lowest BCUT2D eigenvalue weighted by Crippen LogP contribution is -2.35. The summed E-state index contributed by atoms with van der Waals surface area (Å²) in [5.41, 5.74) is 7.57. The third kappa shape index (κ3) is 3.49. The third-order valence-electron chi connectivity index (χ3n) is 6.73. The monoisotopic (exact) mass is 480 g/mol. The number of hydrogen-bond donors (Lipinski definition) is 1. The number of esters is 1. The summed E-state index contributed by atoms with van der Waals surface area (Å²) in [5, 5.41) is 0. The zero-order chi connectivity index (χ0) is 23.9. The Morgan fingerprint density at radius 1 is 0.629 bits per heavy atom. The molecule has 6 rings (SSSR count). The standard InChI is InChI=1S/C29H20O5S/c30-28(32-26-23-15-7-3-11-19(23)20-12-4-8-16-24(20)26)27(33-29(31)34-35)25-21-13-5-1-9-17(21)18-10-2-6-14-22(18)25/h1-16,25-27,35H. The third-order valence-corrected chi connectivity index (χ3v) is 6.87. The van der Waals surface area contributed by atoms with Gasteiger partial charge in [0, 0.05) is 24.0 Å². The van der Waals surface area contributed by atoms with Crippen molar-refractivity contribution in [3.05, 3.63) is 119 Å². The maximum atomic E-state index is 13.8. The molecule has 2 aliphatic rings. The SMILES string of the molecule is O=C(OS)OC(C(=O)OC1c2ccccc2-c2ccccc21)C1c2ccccc2-c2ccccc21. The lowest BCUT2D eigenvalue weighted by atomic mass is 9.91. The molecule has 4 aromatic carbocycles. The Labute approximate surface area is 207 Å². The minimum absolute atomic E-state index is 0.547. The van der Waals surface area contributed by atoms with Crippen LogP contribution < -0.4 is 0 Å². The van der Waals surface area contributed by atoms with E-state index >= 15 is 0 Å². The summed E-state index contributed by atoms with van der Waals surface area (Å²) in [4.78, 5) is 26.0. The number of rotatable bonds is 4. The molecule has 35 heavy (non-hydrogen) atoms. The highest BCUT2D eigenvalue weighted by atomic mass is 32.1. The number of benzene rings is 4. The molecule has 0 aromatic heterocycles. The first kappa shape index (κ1) is 21.5. The van der Waals surface area contributed by atoms with Gasteiger partial charge in [-0.2, -0.15) is 0 Å². The normalized spacial score (nSPS) is 14.3. The van der Waals surface area contributed by atoms with E-state index in [1.807, 2.05) is 97.1 Å². The molecule has 5 nitrogen and oxygen atoms in total. The molecule has 2 aliphatic carbocycles. The molecular formula is C29H20O5S. The van der Waals surface area contributed by atoms with Crippen LogP contribution in [0.4, 0.5) is 4.79 Å². The van der Waals surface area contributed by atoms with Gasteiger partial charge in [-0.1, -0.05) is 97.1 Å². The molecule has 1 unspecified atom stereocenters. The van der Waals surface area contributed by atoms with Crippen molar-refractivity contribution in [2.24, 2.45) is 0 Å². The van der Waals surface area contributed by atoms with Crippen LogP contribution in [-0.2, 0) is 18.5 Å². The number of carbonyl (C=O) groups excluding carboxylic acids is 2. The van der Waals surface area contributed by atoms with Gasteiger partial charge in [0.25, 0.3) is 0 Å². The first-order chi connectivity index (χ1) is 17.2. The van der Waals surface area contributed by atoms with Gasteiger partial charge in [-0.05, 0) is 33.4 Å². The van der Waals surface area contributed by atoms with Crippen LogP contribution in [0.2, 0.25) is 0 Å². The van der Waals surface area contributed by atoms with Crippen molar-refractivity contribution >= 4 is 25.0 Å². The second-order valence-electron chi connectivity index (χ2n) is 8.52. The smallest absolute Gasteiger partial charge is 0.450 e. The Morgan fingerprint density at radius 3 is 1.49 bits per heavy atom. The average Bonchev–Trinajstić information content (AvgIpc) is 3.40. The van der Waals surface area contributed by atoms with E-state index < -0.39 is 30.3 Å². The molecule has 0 amide bonds. The molecule has 0 fully saturated rings. The first-order valence-corrected chi connectivity index (χ1v) is 11.6. The Kier molecular flexibility index (Phi) is 5.30. The number of carbonyl (C=O) groups is 2. The topological polar surface area (TPSA) is 61.8 Å². The molecule has 0 saturated carbocycles. The van der Waals surface area contributed by atoms with Gasteiger partial charge in [0.15, 0.2) is 6.10 Å². The van der Waals surface area contributed by atoms with Crippen LogP contribution in [0.25, 0.3) is 22.3 Å². The van der Waals surface area contributed by atoms with Gasteiger partial charge in [-0.15, -0.1) is 0 Å². The Morgan fingerprint density at radius 2 is 1.03 bits per heavy atom. The molecule has 0 spiro atoms. The molecule has 0 N–H and O–H groups in total. The lowest BCUT2D eigenvalue weighted by molar-refractivity contribution is -0.159. The number of thiol groups is 1. The quantitative estimate of drug-likeness (QED) is 0.206. The fourth-order valence-corrected chi connectivity index (χ4v) is 5.36. The van der Waals surface area contributed by atoms with E-state index in [0.29, 0.717) is 0 Å². The van der Waals surface area contributed by atoms with E-state index in [0.717, 1.165) is 44.5 Å². The summed E-state index contributed by atoms with van der Waals surface area (Å²) in [5.74, 6) is -1.20. The largest absolute Gasteiger partial charge is 0.521 e. The molecule has 4 aromatic rings. The predicted molar refractivity (Wildman–Crippen MR) is 134 cm³/mol. The summed E-state index contributed by atoms with van der Waals surface area (Å²) in [6.07, 6.45) is -2.94. The van der Waals surface area contributed by atoms with Crippen LogP contribution in [0.3, 0.4) is 0 Å². The highest BCUT2D eigenvalue weighted by Gasteiger charge is 2.43. The highest BCUT2D eigenvalue weighted by molar-refractivity contribution is 7.75. The second-order valence-corrected chi connectivity index (χ2v) is 8.71. The van der Waals surface area contributed by atoms with Gasteiger partial charge in [0.05, 0.1) is 5.92 Å². The first-order valence-electron chi connectivity index (χ1n) is 11.3. The van der Waals surface area contributed by atoms with Crippen molar-refractivity contribution in [2.75, 3.05) is 0 Å². The minimum Gasteiger partial charge on any atom is -0.450 e. The maximum Gasteiger partial charge on any atom is 0.521 e. The van der Waals surface area contributed by atoms with E-state index in [1.165, 1.54) is 0 Å². The van der Waals surface area contributed by atoms with E-state index in [-0.39, 0.29) is 0 Å². The summed E-state index contributed by atoms with van der Waals surface area (Å²) < 4.78 is 16.1. The molecule has 0 heterocycles. The average molecular weight is 481 g/mol. The zero-order valence-corrected chi connectivity index (χ0v) is 19.4. The van der Waals surface area contributed by atoms with Gasteiger partial charge >= 0.3 is 12.1 Å². The van der Waals surface area contributed by atoms with E-state index in [1.54, 1.807) is 0 Å². The van der Waals surface area contributed by atoms with Crippen molar-refractivity contribution in [1.29, 1.82) is 0 Å². The molecule has 0 bridgehead atoms. The summed E-state index contributed by atoms with van der Waals surface area (Å²) in [6, 6.07) is 31.2. The van der Waals surface area contributed by atoms with Gasteiger partial charge in [0.1, 0.15) is 0 Å². The van der Waals surface area contributed by atoms with Crippen molar-refractivity contribution in [1.82, 2.24) is 0 Å². The van der Waals surface area contributed by atoms with Crippen LogP contribution in [0.5, 0.6) is 0 Å². The zero-order valence-electron chi connectivity index (χ0n) is 18.5. The molecule has 0 saturated heterocycles. The van der Waals surface area contributed by atoms with Crippen molar-refractivity contribution < 1.29 is 23.2 Å². The Bertz CT molecular complexity index is 1370. The van der Waals surface area contributed by atoms with Gasteiger partial charge in [0.2, 0.25) is 6.10 Å². The van der Waals surface area contributed by atoms with Gasteiger partial charge in [-0.25, -0.2) is 9.59 Å². The summed E-state index contributed by atoms with van der Waals surface area (Å²) in [7, 11) is 0. The Balaban J connectivity index is 1.42. The maximum absolute atomic E-state index is 13.8. The summed E-state index contributed by atoms with van der Waals surface area (Å²) >= 11 is 3.58. The van der Waals surface area contributed by atoms with Gasteiger partial charge < -0.3 is 13.7 Å². The molecule has 0 radical (unpaired) electrons. The molecule has 1 atom stereocenters. The lowest BCUT2D eigenvalue weighted by Gasteiger charge is -2.25. The molecule has 6 heteroatoms. The van der Waals surface area contributed by atoms with Crippen molar-refractivity contribution in [2.45, 2.75) is 18.1 Å². The molecule has 0 aliphatic heterocycles. The number of fused-ring (bicyclic) bond motifs is 6.